The SMILES string of the molecule is COC(=O)[C@@H]1N=CO[C@@]1(CCN=[N+]=[N-])c1ccccc1. The molecule has 7 heteroatoms. The van der Waals surface area contributed by atoms with Crippen LogP contribution >= 0.6 is 0 Å². The highest BCUT2D eigenvalue weighted by atomic mass is 16.5. The van der Waals surface area contributed by atoms with E-state index in [-0.39, 0.29) is 6.54 Å². The number of hydrogen-bond acceptors (Lipinski definition) is 5. The lowest BCUT2D eigenvalue weighted by atomic mass is 9.83. The lowest BCUT2D eigenvalue weighted by molar-refractivity contribution is -0.147. The van der Waals surface area contributed by atoms with E-state index in [0.717, 1.165) is 5.56 Å². The molecular formula is C13H14N4O3. The summed E-state index contributed by atoms with van der Waals surface area (Å²) < 4.78 is 10.4. The molecule has 0 aliphatic carbocycles. The van der Waals surface area contributed by atoms with E-state index in [4.69, 9.17) is 15.0 Å². The molecule has 1 aliphatic rings. The van der Waals surface area contributed by atoms with Crippen LogP contribution in [0.5, 0.6) is 0 Å². The molecule has 1 aromatic rings. The van der Waals surface area contributed by atoms with Gasteiger partial charge in [-0.15, -0.1) is 0 Å². The van der Waals surface area contributed by atoms with Crippen LogP contribution in [0.25, 0.3) is 10.4 Å². The third-order valence-corrected chi connectivity index (χ3v) is 3.25. The first-order valence-corrected chi connectivity index (χ1v) is 6.08. The van der Waals surface area contributed by atoms with Crippen molar-refractivity contribution >= 4 is 12.4 Å². The Balaban J connectivity index is 2.39. The van der Waals surface area contributed by atoms with Gasteiger partial charge in [-0.1, -0.05) is 35.4 Å². The van der Waals surface area contributed by atoms with Crippen molar-refractivity contribution in [2.75, 3.05) is 13.7 Å². The van der Waals surface area contributed by atoms with Crippen LogP contribution < -0.4 is 0 Å². The molecule has 1 aliphatic heterocycles. The van der Waals surface area contributed by atoms with Crippen molar-refractivity contribution in [2.45, 2.75) is 18.1 Å². The molecule has 2 atom stereocenters. The van der Waals surface area contributed by atoms with Gasteiger partial charge in [0.2, 0.25) is 0 Å². The molecule has 1 heterocycles. The summed E-state index contributed by atoms with van der Waals surface area (Å²) in [6.45, 7) is 0.197. The van der Waals surface area contributed by atoms with Gasteiger partial charge in [0, 0.05) is 11.5 Å². The van der Waals surface area contributed by atoms with E-state index in [0.29, 0.717) is 6.42 Å². The van der Waals surface area contributed by atoms with Crippen LogP contribution in [-0.4, -0.2) is 32.1 Å². The molecule has 104 valence electrons. The largest absolute Gasteiger partial charge is 0.470 e. The molecule has 1 aromatic carbocycles. The molecule has 0 unspecified atom stereocenters. The van der Waals surface area contributed by atoms with Crippen LogP contribution in [0.2, 0.25) is 0 Å². The third kappa shape index (κ3) is 2.44. The highest BCUT2D eigenvalue weighted by molar-refractivity contribution is 5.81. The molecule has 0 N–H and O–H groups in total. The fourth-order valence-corrected chi connectivity index (χ4v) is 2.28. The zero-order valence-electron chi connectivity index (χ0n) is 11.0. The van der Waals surface area contributed by atoms with Gasteiger partial charge in [-0.25, -0.2) is 9.79 Å². The van der Waals surface area contributed by atoms with E-state index in [2.05, 4.69) is 15.0 Å². The van der Waals surface area contributed by atoms with Crippen LogP contribution in [0.3, 0.4) is 0 Å². The fourth-order valence-electron chi connectivity index (χ4n) is 2.28. The summed E-state index contributed by atoms with van der Waals surface area (Å²) in [5, 5.41) is 3.52. The van der Waals surface area contributed by atoms with Crippen LogP contribution in [0.15, 0.2) is 40.4 Å². The lowest BCUT2D eigenvalue weighted by Gasteiger charge is -2.31. The topological polar surface area (TPSA) is 96.6 Å². The van der Waals surface area contributed by atoms with Crippen molar-refractivity contribution in [1.29, 1.82) is 0 Å². The average Bonchev–Trinajstić information content (AvgIpc) is 2.93. The molecule has 7 nitrogen and oxygen atoms in total. The molecule has 0 fully saturated rings. The van der Waals surface area contributed by atoms with E-state index < -0.39 is 17.6 Å². The zero-order chi connectivity index (χ0) is 14.4. The van der Waals surface area contributed by atoms with Crippen molar-refractivity contribution in [3.8, 4) is 0 Å². The molecule has 0 bridgehead atoms. The number of carbonyl (C=O) groups is 1. The molecule has 0 aromatic heterocycles. The maximum atomic E-state index is 11.9. The number of benzene rings is 1. The molecule has 2 rings (SSSR count). The molecule has 0 radical (unpaired) electrons. The first kappa shape index (κ1) is 13.9. The van der Waals surface area contributed by atoms with Gasteiger partial charge in [0.05, 0.1) is 7.11 Å². The second kappa shape index (κ2) is 6.08. The molecule has 0 saturated carbocycles. The van der Waals surface area contributed by atoms with Crippen LogP contribution in [-0.2, 0) is 19.9 Å². The van der Waals surface area contributed by atoms with Crippen molar-refractivity contribution in [3.05, 3.63) is 46.3 Å². The molecule has 0 amide bonds. The minimum atomic E-state index is -0.984. The Morgan fingerprint density at radius 2 is 2.30 bits per heavy atom. The van der Waals surface area contributed by atoms with Crippen LogP contribution in [0.4, 0.5) is 0 Å². The first-order chi connectivity index (χ1) is 9.74. The quantitative estimate of drug-likeness (QED) is 0.356. The van der Waals surface area contributed by atoms with Crippen molar-refractivity contribution < 1.29 is 14.3 Å². The molecule has 0 spiro atoms. The van der Waals surface area contributed by atoms with E-state index in [9.17, 15) is 4.79 Å². The summed E-state index contributed by atoms with van der Waals surface area (Å²) in [4.78, 5) is 18.7. The Hall–Kier alpha value is -2.53. The highest BCUT2D eigenvalue weighted by Gasteiger charge is 2.49. The predicted octanol–water partition coefficient (Wildman–Crippen LogP) is 2.18. The minimum Gasteiger partial charge on any atom is -0.470 e. The third-order valence-electron chi connectivity index (χ3n) is 3.25. The number of ether oxygens (including phenoxy) is 2. The van der Waals surface area contributed by atoms with Gasteiger partial charge < -0.3 is 9.47 Å². The smallest absolute Gasteiger partial charge is 0.335 e. The van der Waals surface area contributed by atoms with E-state index in [1.807, 2.05) is 30.3 Å². The number of hydrogen-bond donors (Lipinski definition) is 0. The summed E-state index contributed by atoms with van der Waals surface area (Å²) in [7, 11) is 1.30. The van der Waals surface area contributed by atoms with E-state index >= 15 is 0 Å². The monoisotopic (exact) mass is 274 g/mol. The van der Waals surface area contributed by atoms with Crippen LogP contribution in [0, 0.1) is 0 Å². The van der Waals surface area contributed by atoms with E-state index in [1.54, 1.807) is 0 Å². The Morgan fingerprint density at radius 3 is 2.95 bits per heavy atom. The first-order valence-electron chi connectivity index (χ1n) is 6.08. The van der Waals surface area contributed by atoms with E-state index in [1.165, 1.54) is 13.5 Å². The number of azide groups is 1. The van der Waals surface area contributed by atoms with Gasteiger partial charge in [-0.2, -0.15) is 0 Å². The molecule has 0 saturated heterocycles. The summed E-state index contributed by atoms with van der Waals surface area (Å²) in [6, 6.07) is 8.46. The number of esters is 1. The second-order valence-corrected chi connectivity index (χ2v) is 4.26. The van der Waals surface area contributed by atoms with Crippen molar-refractivity contribution in [1.82, 2.24) is 0 Å². The normalized spacial score (nSPS) is 23.8. The Labute approximate surface area is 115 Å². The Bertz CT molecular complexity index is 554. The van der Waals surface area contributed by atoms with Gasteiger partial charge in [0.15, 0.2) is 18.0 Å². The number of rotatable bonds is 5. The maximum Gasteiger partial charge on any atom is 0.335 e. The average molecular weight is 274 g/mol. The highest BCUT2D eigenvalue weighted by Crippen LogP contribution is 2.38. The van der Waals surface area contributed by atoms with Crippen LogP contribution in [0.1, 0.15) is 12.0 Å². The number of aliphatic imine (C=N–C) groups is 1. The van der Waals surface area contributed by atoms with Gasteiger partial charge in [-0.05, 0) is 17.5 Å². The van der Waals surface area contributed by atoms with Crippen molar-refractivity contribution in [2.24, 2.45) is 10.1 Å². The lowest BCUT2D eigenvalue weighted by Crippen LogP contribution is -2.43. The Kier molecular flexibility index (Phi) is 4.22. The standard InChI is InChI=1S/C13H14N4O3/c1-19-12(18)11-13(20-9-15-11,7-8-16-17-14)10-5-3-2-4-6-10/h2-6,9,11H,7-8H2,1H3/t11-,13-/m0/s1. The summed E-state index contributed by atoms with van der Waals surface area (Å²) in [6.07, 6.45) is 1.59. The van der Waals surface area contributed by atoms with Gasteiger partial charge in [0.25, 0.3) is 0 Å². The Morgan fingerprint density at radius 1 is 1.55 bits per heavy atom. The fraction of sp³-hybridized carbons (Fsp3) is 0.385. The predicted molar refractivity (Wildman–Crippen MR) is 72.1 cm³/mol. The molecule has 20 heavy (non-hydrogen) atoms. The number of carbonyl (C=O) groups excluding carboxylic acids is 1. The minimum absolute atomic E-state index is 0.197. The van der Waals surface area contributed by atoms with Gasteiger partial charge >= 0.3 is 5.97 Å². The molecular weight excluding hydrogens is 260 g/mol. The summed E-state index contributed by atoms with van der Waals surface area (Å²) in [5.41, 5.74) is 8.22. The number of nitrogens with zero attached hydrogens (tertiary/aromatic N) is 4. The zero-order valence-corrected chi connectivity index (χ0v) is 11.0. The summed E-state index contributed by atoms with van der Waals surface area (Å²) >= 11 is 0. The maximum absolute atomic E-state index is 11.9. The van der Waals surface area contributed by atoms with Gasteiger partial charge in [0.1, 0.15) is 0 Å². The van der Waals surface area contributed by atoms with Crippen molar-refractivity contribution in [3.63, 3.8) is 0 Å². The second-order valence-electron chi connectivity index (χ2n) is 4.26. The summed E-state index contributed by atoms with van der Waals surface area (Å²) in [5.74, 6) is -0.483. The van der Waals surface area contributed by atoms with Gasteiger partial charge in [-0.3, -0.25) is 0 Å². The number of methoxy groups -OCH3 is 1.